The van der Waals surface area contributed by atoms with Crippen molar-refractivity contribution in [2.45, 2.75) is 44.4 Å². The van der Waals surface area contributed by atoms with Gasteiger partial charge in [0, 0.05) is 4.88 Å². The Morgan fingerprint density at radius 1 is 1.56 bits per heavy atom. The molecule has 0 aromatic carbocycles. The van der Waals surface area contributed by atoms with Gasteiger partial charge in [0.25, 0.3) is 0 Å². The molecule has 2 fully saturated rings. The summed E-state index contributed by atoms with van der Waals surface area (Å²) < 4.78 is 10.5. The van der Waals surface area contributed by atoms with Crippen LogP contribution in [0.25, 0.3) is 0 Å². The summed E-state index contributed by atoms with van der Waals surface area (Å²) in [4.78, 5) is 16.7. The van der Waals surface area contributed by atoms with E-state index < -0.39 is 0 Å². The van der Waals surface area contributed by atoms with Crippen LogP contribution in [0, 0.1) is 6.92 Å². The number of fused-ring (bicyclic) bond motifs is 2. The third-order valence-corrected chi connectivity index (χ3v) is 4.49. The molecule has 2 saturated heterocycles. The van der Waals surface area contributed by atoms with Crippen LogP contribution < -0.4 is 5.32 Å². The van der Waals surface area contributed by atoms with Crippen molar-refractivity contribution < 1.29 is 14.3 Å². The molecule has 3 rings (SSSR count). The molecule has 0 amide bonds. The van der Waals surface area contributed by atoms with Crippen molar-refractivity contribution in [3.8, 4) is 0 Å². The van der Waals surface area contributed by atoms with E-state index in [0.717, 1.165) is 22.9 Å². The molecule has 0 radical (unpaired) electrons. The van der Waals surface area contributed by atoms with Gasteiger partial charge in [-0.2, -0.15) is 0 Å². The number of ether oxygens (including phenoxy) is 2. The van der Waals surface area contributed by atoms with E-state index in [1.165, 1.54) is 24.9 Å². The third-order valence-electron chi connectivity index (χ3n) is 3.59. The minimum Gasteiger partial charge on any atom is -0.464 e. The fraction of sp³-hybridized carbons (Fsp3) is 0.667. The van der Waals surface area contributed by atoms with E-state index in [1.807, 2.05) is 6.92 Å². The van der Waals surface area contributed by atoms with Crippen molar-refractivity contribution >= 4 is 22.4 Å². The second kappa shape index (κ2) is 4.51. The molecule has 98 valence electrons. The van der Waals surface area contributed by atoms with Crippen molar-refractivity contribution in [3.05, 3.63) is 10.6 Å². The summed E-state index contributed by atoms with van der Waals surface area (Å²) >= 11 is 1.49. The van der Waals surface area contributed by atoms with Crippen LogP contribution in [0.1, 0.15) is 34.6 Å². The molecule has 0 spiro atoms. The summed E-state index contributed by atoms with van der Waals surface area (Å²) in [6.07, 6.45) is 4.05. The van der Waals surface area contributed by atoms with E-state index in [2.05, 4.69) is 10.3 Å². The van der Waals surface area contributed by atoms with Gasteiger partial charge in [-0.1, -0.05) is 0 Å². The number of nitrogens with zero attached hydrogens (tertiary/aromatic N) is 1. The predicted octanol–water partition coefficient (Wildman–Crippen LogP) is 1.97. The van der Waals surface area contributed by atoms with Crippen molar-refractivity contribution in [2.75, 3.05) is 12.4 Å². The third kappa shape index (κ3) is 1.99. The molecule has 18 heavy (non-hydrogen) atoms. The van der Waals surface area contributed by atoms with Crippen LogP contribution in [0.4, 0.5) is 5.13 Å². The summed E-state index contributed by atoms with van der Waals surface area (Å²) in [6, 6.07) is 0.333. The first-order valence-electron chi connectivity index (χ1n) is 6.15. The highest BCUT2D eigenvalue weighted by Gasteiger charge is 2.41. The summed E-state index contributed by atoms with van der Waals surface area (Å²) in [5.41, 5.74) is 0.411. The standard InChI is InChI=1S/C12H16N2O3S/c1-6-10(11(15)16-2)14-12(18-6)13-8-5-7-3-4-9(8)17-7/h7-9H,3-5H2,1-2H3,(H,13,14). The molecule has 2 aliphatic rings. The van der Waals surface area contributed by atoms with Crippen molar-refractivity contribution in [3.63, 3.8) is 0 Å². The summed E-state index contributed by atoms with van der Waals surface area (Å²) in [5, 5.41) is 4.17. The number of aromatic nitrogens is 1. The number of carbonyl (C=O) groups excluding carboxylic acids is 1. The maximum absolute atomic E-state index is 11.5. The van der Waals surface area contributed by atoms with Gasteiger partial charge in [0.05, 0.1) is 25.4 Å². The molecule has 0 saturated carbocycles. The first-order valence-corrected chi connectivity index (χ1v) is 6.96. The lowest BCUT2D eigenvalue weighted by atomic mass is 9.96. The van der Waals surface area contributed by atoms with Crippen LogP contribution in [-0.2, 0) is 9.47 Å². The fourth-order valence-electron chi connectivity index (χ4n) is 2.69. The van der Waals surface area contributed by atoms with Crippen molar-refractivity contribution in [2.24, 2.45) is 0 Å². The van der Waals surface area contributed by atoms with E-state index in [-0.39, 0.29) is 5.97 Å². The number of hydrogen-bond donors (Lipinski definition) is 1. The maximum Gasteiger partial charge on any atom is 0.357 e. The normalized spacial score (nSPS) is 29.6. The number of hydrogen-bond acceptors (Lipinski definition) is 6. The van der Waals surface area contributed by atoms with E-state index in [9.17, 15) is 4.79 Å². The summed E-state index contributed by atoms with van der Waals surface area (Å²) in [6.45, 7) is 1.88. The SMILES string of the molecule is COC(=O)c1nc(NC2CC3CCC2O3)sc1C. The second-order valence-corrected chi connectivity index (χ2v) is 5.98. The molecular formula is C12H16N2O3S. The molecule has 5 nitrogen and oxygen atoms in total. The first kappa shape index (κ1) is 11.9. The van der Waals surface area contributed by atoms with Crippen LogP contribution in [0.2, 0.25) is 0 Å². The lowest BCUT2D eigenvalue weighted by Gasteiger charge is -2.19. The highest BCUT2D eigenvalue weighted by Crippen LogP contribution is 2.36. The van der Waals surface area contributed by atoms with Crippen molar-refractivity contribution in [1.29, 1.82) is 0 Å². The monoisotopic (exact) mass is 268 g/mol. The Morgan fingerprint density at radius 2 is 2.39 bits per heavy atom. The zero-order valence-corrected chi connectivity index (χ0v) is 11.3. The smallest absolute Gasteiger partial charge is 0.357 e. The molecule has 3 atom stereocenters. The van der Waals surface area contributed by atoms with E-state index in [1.54, 1.807) is 0 Å². The Morgan fingerprint density at radius 3 is 3.00 bits per heavy atom. The van der Waals surface area contributed by atoms with Crippen LogP contribution in [0.5, 0.6) is 0 Å². The second-order valence-electron chi connectivity index (χ2n) is 4.78. The largest absolute Gasteiger partial charge is 0.464 e. The molecule has 2 bridgehead atoms. The predicted molar refractivity (Wildman–Crippen MR) is 68.1 cm³/mol. The molecule has 0 aliphatic carbocycles. The van der Waals surface area contributed by atoms with Crippen LogP contribution in [0.15, 0.2) is 0 Å². The van der Waals surface area contributed by atoms with E-state index in [0.29, 0.717) is 23.9 Å². The molecule has 1 aromatic heterocycles. The zero-order valence-electron chi connectivity index (χ0n) is 10.4. The summed E-state index contributed by atoms with van der Waals surface area (Å²) in [7, 11) is 1.37. The number of rotatable bonds is 3. The Kier molecular flexibility index (Phi) is 2.99. The number of esters is 1. The van der Waals surface area contributed by atoms with Crippen molar-refractivity contribution in [1.82, 2.24) is 4.98 Å². The average Bonchev–Trinajstić information content (AvgIpc) is 3.04. The highest BCUT2D eigenvalue weighted by molar-refractivity contribution is 7.15. The fourth-order valence-corrected chi connectivity index (χ4v) is 3.56. The minimum atomic E-state index is -0.374. The van der Waals surface area contributed by atoms with Gasteiger partial charge in [-0.25, -0.2) is 9.78 Å². The van der Waals surface area contributed by atoms with Gasteiger partial charge in [-0.05, 0) is 26.2 Å². The maximum atomic E-state index is 11.5. The molecule has 3 heterocycles. The number of carbonyl (C=O) groups is 1. The quantitative estimate of drug-likeness (QED) is 0.849. The van der Waals surface area contributed by atoms with Gasteiger partial charge in [-0.3, -0.25) is 0 Å². The van der Waals surface area contributed by atoms with E-state index in [4.69, 9.17) is 9.47 Å². The molecule has 6 heteroatoms. The Hall–Kier alpha value is -1.14. The van der Waals surface area contributed by atoms with E-state index >= 15 is 0 Å². The number of thiazole rings is 1. The van der Waals surface area contributed by atoms with Gasteiger partial charge >= 0.3 is 5.97 Å². The van der Waals surface area contributed by atoms with Gasteiger partial charge in [-0.15, -0.1) is 11.3 Å². The lowest BCUT2D eigenvalue weighted by molar-refractivity contribution is 0.0594. The minimum absolute atomic E-state index is 0.306. The molecule has 1 N–H and O–H groups in total. The Bertz CT molecular complexity index is 474. The zero-order chi connectivity index (χ0) is 12.7. The number of methoxy groups -OCH3 is 1. The Labute approximate surface area is 110 Å². The molecular weight excluding hydrogens is 252 g/mol. The topological polar surface area (TPSA) is 60.5 Å². The molecule has 1 aromatic rings. The van der Waals surface area contributed by atoms with Gasteiger partial charge in [0.15, 0.2) is 10.8 Å². The van der Waals surface area contributed by atoms with Crippen LogP contribution in [0.3, 0.4) is 0 Å². The van der Waals surface area contributed by atoms with Crippen LogP contribution in [-0.4, -0.2) is 36.3 Å². The van der Waals surface area contributed by atoms with Crippen LogP contribution >= 0.6 is 11.3 Å². The summed E-state index contributed by atoms with van der Waals surface area (Å²) in [5.74, 6) is -0.374. The first-order chi connectivity index (χ1) is 8.67. The van der Waals surface area contributed by atoms with Gasteiger partial charge in [0.1, 0.15) is 0 Å². The Balaban J connectivity index is 1.72. The molecule has 3 unspecified atom stereocenters. The average molecular weight is 268 g/mol. The number of anilines is 1. The lowest BCUT2D eigenvalue weighted by Crippen LogP contribution is -2.30. The van der Waals surface area contributed by atoms with Gasteiger partial charge < -0.3 is 14.8 Å². The molecule has 2 aliphatic heterocycles. The highest BCUT2D eigenvalue weighted by atomic mass is 32.1. The number of nitrogens with one attached hydrogen (secondary N) is 1. The number of aryl methyl sites for hydroxylation is 1. The van der Waals surface area contributed by atoms with Gasteiger partial charge in [0.2, 0.25) is 0 Å².